The highest BCUT2D eigenvalue weighted by atomic mass is 32.2. The second kappa shape index (κ2) is 9.80. The molecular weight excluding hydrogens is 398 g/mol. The van der Waals surface area contributed by atoms with Gasteiger partial charge in [0.2, 0.25) is 5.91 Å². The zero-order valence-corrected chi connectivity index (χ0v) is 18.6. The van der Waals surface area contributed by atoms with Crippen LogP contribution in [0.1, 0.15) is 19.4 Å². The molecule has 1 amide bonds. The van der Waals surface area contributed by atoms with E-state index in [1.165, 1.54) is 11.8 Å². The Bertz CT molecular complexity index is 1090. The maximum absolute atomic E-state index is 13.0. The lowest BCUT2D eigenvalue weighted by atomic mass is 10.2. The number of amides is 1. The fourth-order valence-corrected chi connectivity index (χ4v) is 4.10. The highest BCUT2D eigenvalue weighted by Crippen LogP contribution is 2.20. The number of hydrogen-bond donors (Lipinski definition) is 0. The maximum Gasteiger partial charge on any atom is 0.262 e. The molecule has 0 spiro atoms. The molecule has 3 aromatic rings. The van der Waals surface area contributed by atoms with Gasteiger partial charge >= 0.3 is 0 Å². The number of benzene rings is 2. The second-order valence-electron chi connectivity index (χ2n) is 7.61. The van der Waals surface area contributed by atoms with Crippen molar-refractivity contribution in [1.29, 1.82) is 0 Å². The van der Waals surface area contributed by atoms with Gasteiger partial charge in [-0.2, -0.15) is 0 Å². The topological polar surface area (TPSA) is 64.4 Å². The second-order valence-corrected chi connectivity index (χ2v) is 8.55. The first-order valence-corrected chi connectivity index (χ1v) is 10.9. The summed E-state index contributed by atoms with van der Waals surface area (Å²) in [5, 5.41) is 1.18. The molecule has 0 radical (unpaired) electrons. The summed E-state index contributed by atoms with van der Waals surface area (Å²) in [6, 6.07) is 15.0. The lowest BCUT2D eigenvalue weighted by Crippen LogP contribution is -2.29. The molecule has 3 rings (SSSR count). The van der Waals surface area contributed by atoms with Crippen LogP contribution in [0.5, 0.6) is 5.75 Å². The molecule has 0 bridgehead atoms. The van der Waals surface area contributed by atoms with E-state index in [9.17, 15) is 9.59 Å². The zero-order chi connectivity index (χ0) is 21.7. The number of hydrogen-bond acceptors (Lipinski definition) is 5. The van der Waals surface area contributed by atoms with Gasteiger partial charge in [0.1, 0.15) is 5.75 Å². The van der Waals surface area contributed by atoms with Crippen LogP contribution in [0, 0.1) is 5.92 Å². The summed E-state index contributed by atoms with van der Waals surface area (Å²) >= 11 is 1.31. The summed E-state index contributed by atoms with van der Waals surface area (Å²) in [5.74, 6) is 1.24. The van der Waals surface area contributed by atoms with Crippen LogP contribution in [0.25, 0.3) is 10.9 Å². The Morgan fingerprint density at radius 2 is 1.97 bits per heavy atom. The van der Waals surface area contributed by atoms with Crippen molar-refractivity contribution >= 4 is 28.6 Å². The molecule has 7 heteroatoms. The fourth-order valence-electron chi connectivity index (χ4n) is 3.15. The van der Waals surface area contributed by atoms with E-state index in [0.29, 0.717) is 29.1 Å². The molecule has 2 aromatic carbocycles. The number of ether oxygens (including phenoxy) is 1. The average molecular weight is 426 g/mol. The summed E-state index contributed by atoms with van der Waals surface area (Å²) in [4.78, 5) is 32.0. The summed E-state index contributed by atoms with van der Waals surface area (Å²) in [6.45, 7) is 5.17. The van der Waals surface area contributed by atoms with Crippen molar-refractivity contribution in [3.05, 3.63) is 64.4 Å². The number of fused-ring (bicyclic) bond motifs is 1. The van der Waals surface area contributed by atoms with Gasteiger partial charge in [0.25, 0.3) is 5.56 Å². The molecule has 0 saturated carbocycles. The van der Waals surface area contributed by atoms with Crippen molar-refractivity contribution in [3.8, 4) is 5.75 Å². The molecule has 0 unspecified atom stereocenters. The predicted molar refractivity (Wildman–Crippen MR) is 121 cm³/mol. The Balaban J connectivity index is 1.76. The monoisotopic (exact) mass is 425 g/mol. The number of carbonyl (C=O) groups excluding carboxylic acids is 1. The van der Waals surface area contributed by atoms with Gasteiger partial charge < -0.3 is 9.64 Å². The molecule has 0 fully saturated rings. The third-order valence-corrected chi connectivity index (χ3v) is 5.64. The van der Waals surface area contributed by atoms with Crippen LogP contribution < -0.4 is 10.3 Å². The van der Waals surface area contributed by atoms with Gasteiger partial charge in [0.05, 0.1) is 23.8 Å². The molecule has 0 saturated heterocycles. The third kappa shape index (κ3) is 5.21. The van der Waals surface area contributed by atoms with Gasteiger partial charge in [-0.1, -0.05) is 49.9 Å². The number of para-hydroxylation sites is 1. The molecule has 0 aliphatic rings. The van der Waals surface area contributed by atoms with E-state index < -0.39 is 0 Å². The van der Waals surface area contributed by atoms with Gasteiger partial charge in [0.15, 0.2) is 5.16 Å². The minimum absolute atomic E-state index is 0.0266. The van der Waals surface area contributed by atoms with Crippen LogP contribution in [0.15, 0.2) is 58.5 Å². The smallest absolute Gasteiger partial charge is 0.262 e. The van der Waals surface area contributed by atoms with E-state index in [2.05, 4.69) is 18.8 Å². The van der Waals surface area contributed by atoms with E-state index in [-0.39, 0.29) is 23.1 Å². The van der Waals surface area contributed by atoms with E-state index >= 15 is 0 Å². The first kappa shape index (κ1) is 21.9. The minimum atomic E-state index is -0.0611. The number of carbonyl (C=O) groups is 1. The van der Waals surface area contributed by atoms with Crippen molar-refractivity contribution in [1.82, 2.24) is 14.5 Å². The number of aromatic nitrogens is 2. The predicted octanol–water partition coefficient (Wildman–Crippen LogP) is 3.81. The number of thioether (sulfide) groups is 1. The third-order valence-electron chi connectivity index (χ3n) is 4.68. The van der Waals surface area contributed by atoms with Crippen LogP contribution in [-0.2, 0) is 17.9 Å². The molecule has 158 valence electrons. The SMILES string of the molecule is COc1cccc(CN(C)C(=O)CSc2nc3ccccc3c(=O)n2CC(C)C)c1. The first-order chi connectivity index (χ1) is 14.4. The van der Waals surface area contributed by atoms with Crippen molar-refractivity contribution in [2.45, 2.75) is 32.1 Å². The van der Waals surface area contributed by atoms with E-state index in [1.807, 2.05) is 42.5 Å². The Kier molecular flexibility index (Phi) is 7.15. The number of nitrogens with zero attached hydrogens (tertiary/aromatic N) is 3. The normalized spacial score (nSPS) is 11.1. The first-order valence-electron chi connectivity index (χ1n) is 9.88. The standard InChI is InChI=1S/C23H27N3O3S/c1-16(2)13-26-22(28)19-10-5-6-11-20(19)24-23(26)30-15-21(27)25(3)14-17-8-7-9-18(12-17)29-4/h5-12,16H,13-15H2,1-4H3. The number of rotatable bonds is 8. The molecule has 0 N–H and O–H groups in total. The molecule has 1 aromatic heterocycles. The quantitative estimate of drug-likeness (QED) is 0.406. The fraction of sp³-hybridized carbons (Fsp3) is 0.348. The van der Waals surface area contributed by atoms with Crippen molar-refractivity contribution in [3.63, 3.8) is 0 Å². The van der Waals surface area contributed by atoms with Crippen molar-refractivity contribution < 1.29 is 9.53 Å². The van der Waals surface area contributed by atoms with Gasteiger partial charge in [-0.15, -0.1) is 0 Å². The zero-order valence-electron chi connectivity index (χ0n) is 17.8. The molecule has 1 heterocycles. The summed E-state index contributed by atoms with van der Waals surface area (Å²) in [7, 11) is 3.40. The van der Waals surface area contributed by atoms with Crippen LogP contribution in [0.4, 0.5) is 0 Å². The Labute approximate surface area is 180 Å². The molecule has 0 atom stereocenters. The maximum atomic E-state index is 13.0. The van der Waals surface area contributed by atoms with E-state index in [1.54, 1.807) is 29.7 Å². The highest BCUT2D eigenvalue weighted by Gasteiger charge is 2.16. The number of methoxy groups -OCH3 is 1. The van der Waals surface area contributed by atoms with Crippen molar-refractivity contribution in [2.24, 2.45) is 5.92 Å². The Morgan fingerprint density at radius 1 is 1.20 bits per heavy atom. The Hall–Kier alpha value is -2.80. The van der Waals surface area contributed by atoms with Gasteiger partial charge in [-0.25, -0.2) is 4.98 Å². The molecule has 0 aliphatic heterocycles. The molecule has 30 heavy (non-hydrogen) atoms. The van der Waals surface area contributed by atoms with Gasteiger partial charge in [-0.3, -0.25) is 14.2 Å². The molecular formula is C23H27N3O3S. The lowest BCUT2D eigenvalue weighted by Gasteiger charge is -2.19. The van der Waals surface area contributed by atoms with Gasteiger partial charge in [-0.05, 0) is 35.7 Å². The van der Waals surface area contributed by atoms with Crippen LogP contribution in [0.3, 0.4) is 0 Å². The molecule has 6 nitrogen and oxygen atoms in total. The summed E-state index contributed by atoms with van der Waals surface area (Å²) < 4.78 is 6.93. The van der Waals surface area contributed by atoms with Crippen molar-refractivity contribution in [2.75, 3.05) is 19.9 Å². The largest absolute Gasteiger partial charge is 0.497 e. The van der Waals surface area contributed by atoms with Crippen LogP contribution in [0.2, 0.25) is 0 Å². The van der Waals surface area contributed by atoms with Crippen LogP contribution in [-0.4, -0.2) is 40.3 Å². The molecule has 0 aliphatic carbocycles. The van der Waals surface area contributed by atoms with E-state index in [4.69, 9.17) is 4.74 Å². The summed E-state index contributed by atoms with van der Waals surface area (Å²) in [5.41, 5.74) is 1.59. The van der Waals surface area contributed by atoms with E-state index in [0.717, 1.165) is 11.3 Å². The van der Waals surface area contributed by atoms with Crippen LogP contribution >= 0.6 is 11.8 Å². The highest BCUT2D eigenvalue weighted by molar-refractivity contribution is 7.99. The lowest BCUT2D eigenvalue weighted by molar-refractivity contribution is -0.127. The minimum Gasteiger partial charge on any atom is -0.497 e. The average Bonchev–Trinajstić information content (AvgIpc) is 2.74. The summed E-state index contributed by atoms with van der Waals surface area (Å²) in [6.07, 6.45) is 0. The van der Waals surface area contributed by atoms with Gasteiger partial charge in [0, 0.05) is 20.1 Å². The Morgan fingerprint density at radius 3 is 2.70 bits per heavy atom.